The standard InChI is InChI=1S/C10H12ClF3N2O2S/c1-6-3-7(11)9(4-8(6)15)19(17,18)16(2)5-10(12,13)14/h3-4H,5,15H2,1-2H3. The van der Waals surface area contributed by atoms with Crippen LogP contribution in [0, 0.1) is 6.92 Å². The van der Waals surface area contributed by atoms with Crippen molar-refractivity contribution in [2.24, 2.45) is 0 Å². The fourth-order valence-corrected chi connectivity index (χ4v) is 3.12. The predicted molar refractivity (Wildman–Crippen MR) is 66.5 cm³/mol. The Hall–Kier alpha value is -0.990. The van der Waals surface area contributed by atoms with Gasteiger partial charge in [-0.25, -0.2) is 8.42 Å². The van der Waals surface area contributed by atoms with E-state index in [4.69, 9.17) is 17.3 Å². The number of benzene rings is 1. The van der Waals surface area contributed by atoms with Gasteiger partial charge in [-0.15, -0.1) is 0 Å². The third-order valence-corrected chi connectivity index (χ3v) is 4.68. The van der Waals surface area contributed by atoms with Crippen molar-refractivity contribution >= 4 is 27.3 Å². The lowest BCUT2D eigenvalue weighted by atomic mass is 10.2. The van der Waals surface area contributed by atoms with Crippen molar-refractivity contribution in [3.63, 3.8) is 0 Å². The van der Waals surface area contributed by atoms with Crippen molar-refractivity contribution in [2.75, 3.05) is 19.3 Å². The van der Waals surface area contributed by atoms with Gasteiger partial charge in [0, 0.05) is 12.7 Å². The lowest BCUT2D eigenvalue weighted by Gasteiger charge is -2.20. The molecule has 0 aliphatic carbocycles. The van der Waals surface area contributed by atoms with E-state index >= 15 is 0 Å². The van der Waals surface area contributed by atoms with Crippen molar-refractivity contribution in [3.8, 4) is 0 Å². The molecule has 0 spiro atoms. The van der Waals surface area contributed by atoms with E-state index in [9.17, 15) is 21.6 Å². The molecule has 0 saturated heterocycles. The molecule has 108 valence electrons. The van der Waals surface area contributed by atoms with Gasteiger partial charge in [-0.2, -0.15) is 17.5 Å². The van der Waals surface area contributed by atoms with Crippen LogP contribution in [0.5, 0.6) is 0 Å². The van der Waals surface area contributed by atoms with Gasteiger partial charge < -0.3 is 5.73 Å². The summed E-state index contributed by atoms with van der Waals surface area (Å²) in [5.74, 6) is 0. The zero-order valence-corrected chi connectivity index (χ0v) is 11.7. The van der Waals surface area contributed by atoms with Crippen molar-refractivity contribution < 1.29 is 21.6 Å². The van der Waals surface area contributed by atoms with Crippen LogP contribution < -0.4 is 5.73 Å². The number of nitrogens with two attached hydrogens (primary N) is 1. The van der Waals surface area contributed by atoms with Crippen LogP contribution in [-0.4, -0.2) is 32.5 Å². The zero-order valence-electron chi connectivity index (χ0n) is 10.1. The predicted octanol–water partition coefficient (Wildman–Crippen LogP) is 2.41. The molecule has 0 aromatic heterocycles. The molecule has 0 saturated carbocycles. The molecule has 0 amide bonds. The molecule has 1 aromatic carbocycles. The number of alkyl halides is 3. The first kappa shape index (κ1) is 16.1. The number of rotatable bonds is 3. The summed E-state index contributed by atoms with van der Waals surface area (Å²) in [4.78, 5) is -0.441. The zero-order chi connectivity index (χ0) is 15.0. The van der Waals surface area contributed by atoms with Crippen LogP contribution in [0.3, 0.4) is 0 Å². The average molecular weight is 317 g/mol. The summed E-state index contributed by atoms with van der Waals surface area (Å²) in [5.41, 5.74) is 6.24. The molecule has 0 radical (unpaired) electrons. The molecule has 0 atom stereocenters. The largest absolute Gasteiger partial charge is 0.402 e. The van der Waals surface area contributed by atoms with E-state index in [1.807, 2.05) is 0 Å². The van der Waals surface area contributed by atoms with E-state index in [0.717, 1.165) is 13.1 Å². The summed E-state index contributed by atoms with van der Waals surface area (Å²) in [6, 6.07) is 2.35. The van der Waals surface area contributed by atoms with Gasteiger partial charge in [-0.3, -0.25) is 0 Å². The molecule has 1 aromatic rings. The van der Waals surface area contributed by atoms with Gasteiger partial charge in [-0.05, 0) is 24.6 Å². The average Bonchev–Trinajstić information content (AvgIpc) is 2.20. The lowest BCUT2D eigenvalue weighted by molar-refractivity contribution is -0.134. The van der Waals surface area contributed by atoms with Crippen LogP contribution in [0.4, 0.5) is 18.9 Å². The minimum atomic E-state index is -4.63. The second-order valence-corrected chi connectivity index (χ2v) is 6.44. The van der Waals surface area contributed by atoms with E-state index in [1.165, 1.54) is 6.07 Å². The maximum absolute atomic E-state index is 12.2. The van der Waals surface area contributed by atoms with Gasteiger partial charge in [0.1, 0.15) is 11.4 Å². The third kappa shape index (κ3) is 3.74. The first-order valence-corrected chi connectivity index (χ1v) is 6.85. The van der Waals surface area contributed by atoms with Crippen molar-refractivity contribution in [3.05, 3.63) is 22.7 Å². The topological polar surface area (TPSA) is 63.4 Å². The van der Waals surface area contributed by atoms with Crippen LogP contribution in [-0.2, 0) is 10.0 Å². The highest BCUT2D eigenvalue weighted by atomic mass is 35.5. The summed E-state index contributed by atoms with van der Waals surface area (Å²) in [7, 11) is -3.51. The Balaban J connectivity index is 3.25. The second kappa shape index (κ2) is 5.18. The SMILES string of the molecule is Cc1cc(Cl)c(S(=O)(=O)N(C)CC(F)(F)F)cc1N. The van der Waals surface area contributed by atoms with Gasteiger partial charge in [0.15, 0.2) is 0 Å². The quantitative estimate of drug-likeness (QED) is 0.871. The molecule has 4 nitrogen and oxygen atoms in total. The molecule has 9 heteroatoms. The summed E-state index contributed by atoms with van der Waals surface area (Å²) < 4.78 is 60.8. The normalized spacial score (nSPS) is 13.0. The number of sulfonamides is 1. The number of hydrogen-bond acceptors (Lipinski definition) is 3. The van der Waals surface area contributed by atoms with Crippen LogP contribution in [0.15, 0.2) is 17.0 Å². The van der Waals surface area contributed by atoms with Gasteiger partial charge in [0.05, 0.1) is 5.02 Å². The molecule has 0 fully saturated rings. The molecule has 0 aliphatic heterocycles. The fourth-order valence-electron chi connectivity index (χ4n) is 1.37. The first-order valence-electron chi connectivity index (χ1n) is 5.04. The highest BCUT2D eigenvalue weighted by Crippen LogP contribution is 2.30. The summed E-state index contributed by atoms with van der Waals surface area (Å²) in [6.07, 6.45) is -4.63. The number of nitrogen functional groups attached to an aromatic ring is 1. The summed E-state index contributed by atoms with van der Waals surface area (Å²) in [5, 5.41) is -0.166. The summed E-state index contributed by atoms with van der Waals surface area (Å²) >= 11 is 5.76. The molecule has 0 heterocycles. The van der Waals surface area contributed by atoms with Crippen molar-refractivity contribution in [1.29, 1.82) is 0 Å². The first-order chi connectivity index (χ1) is 8.45. The Kier molecular flexibility index (Phi) is 4.38. The Labute approximate surface area is 114 Å². The summed E-state index contributed by atoms with van der Waals surface area (Å²) in [6.45, 7) is 0.0104. The Bertz CT molecular complexity index is 587. The number of halogens is 4. The molecular weight excluding hydrogens is 305 g/mol. The van der Waals surface area contributed by atoms with Crippen LogP contribution in [0.2, 0.25) is 5.02 Å². The fraction of sp³-hybridized carbons (Fsp3) is 0.400. The van der Waals surface area contributed by atoms with E-state index < -0.39 is 27.6 Å². The molecule has 0 unspecified atom stereocenters. The molecule has 2 N–H and O–H groups in total. The monoisotopic (exact) mass is 316 g/mol. The molecule has 1 rings (SSSR count). The number of nitrogens with zero attached hydrogens (tertiary/aromatic N) is 1. The Morgan fingerprint density at radius 3 is 2.37 bits per heavy atom. The molecule has 0 bridgehead atoms. The maximum Gasteiger partial charge on any atom is 0.402 e. The van der Waals surface area contributed by atoms with E-state index in [0.29, 0.717) is 5.56 Å². The molecular formula is C10H12ClF3N2O2S. The highest BCUT2D eigenvalue weighted by molar-refractivity contribution is 7.89. The van der Waals surface area contributed by atoms with Crippen LogP contribution >= 0.6 is 11.6 Å². The maximum atomic E-state index is 12.2. The van der Waals surface area contributed by atoms with Crippen LogP contribution in [0.1, 0.15) is 5.56 Å². The minimum absolute atomic E-state index is 0.142. The second-order valence-electron chi connectivity index (χ2n) is 4.02. The van der Waals surface area contributed by atoms with Crippen LogP contribution in [0.25, 0.3) is 0 Å². The molecule has 19 heavy (non-hydrogen) atoms. The molecule has 0 aliphatic rings. The number of aryl methyl sites for hydroxylation is 1. The van der Waals surface area contributed by atoms with Gasteiger partial charge >= 0.3 is 6.18 Å². The number of anilines is 1. The Morgan fingerprint density at radius 2 is 1.89 bits per heavy atom. The van der Waals surface area contributed by atoms with E-state index in [-0.39, 0.29) is 15.0 Å². The van der Waals surface area contributed by atoms with Gasteiger partial charge in [0.25, 0.3) is 0 Å². The number of hydrogen-bond donors (Lipinski definition) is 1. The lowest BCUT2D eigenvalue weighted by Crippen LogP contribution is -2.36. The highest BCUT2D eigenvalue weighted by Gasteiger charge is 2.35. The van der Waals surface area contributed by atoms with E-state index in [1.54, 1.807) is 6.92 Å². The van der Waals surface area contributed by atoms with Gasteiger partial charge in [0.2, 0.25) is 10.0 Å². The Morgan fingerprint density at radius 1 is 1.37 bits per heavy atom. The minimum Gasteiger partial charge on any atom is -0.398 e. The third-order valence-electron chi connectivity index (χ3n) is 2.41. The smallest absolute Gasteiger partial charge is 0.398 e. The van der Waals surface area contributed by atoms with Crippen molar-refractivity contribution in [1.82, 2.24) is 4.31 Å². The van der Waals surface area contributed by atoms with Gasteiger partial charge in [-0.1, -0.05) is 11.6 Å². The van der Waals surface area contributed by atoms with Crippen molar-refractivity contribution in [2.45, 2.75) is 18.0 Å². The van der Waals surface area contributed by atoms with E-state index in [2.05, 4.69) is 0 Å².